The van der Waals surface area contributed by atoms with Gasteiger partial charge in [-0.1, -0.05) is 42.5 Å². The fourth-order valence-corrected chi connectivity index (χ4v) is 3.46. The number of esters is 1. The summed E-state index contributed by atoms with van der Waals surface area (Å²) in [6, 6.07) is 21.6. The normalized spacial score (nSPS) is 10.5. The van der Waals surface area contributed by atoms with Crippen molar-refractivity contribution in [3.05, 3.63) is 118 Å². The number of nitrogens with zero attached hydrogens (tertiary/aromatic N) is 1. The summed E-state index contributed by atoms with van der Waals surface area (Å²) in [6.07, 6.45) is 1.59. The minimum absolute atomic E-state index is 0.231. The zero-order valence-electron chi connectivity index (χ0n) is 18.3. The van der Waals surface area contributed by atoms with Crippen LogP contribution in [-0.2, 0) is 9.53 Å². The Balaban J connectivity index is 1.39. The number of nitrogens with one attached hydrogen (secondary N) is 2. The molecule has 0 aliphatic carbocycles. The average Bonchev–Trinajstić information content (AvgIpc) is 3.20. The second-order valence-corrected chi connectivity index (χ2v) is 7.48. The highest BCUT2D eigenvalue weighted by atomic mass is 16.5. The molecule has 4 rings (SSSR count). The Morgan fingerprint density at radius 3 is 2.24 bits per heavy atom. The van der Waals surface area contributed by atoms with Crippen molar-refractivity contribution < 1.29 is 19.1 Å². The van der Waals surface area contributed by atoms with E-state index in [0.717, 1.165) is 5.69 Å². The largest absolute Gasteiger partial charge is 0.452 e. The maximum atomic E-state index is 12.8. The van der Waals surface area contributed by atoms with Gasteiger partial charge in [0.15, 0.2) is 12.4 Å². The van der Waals surface area contributed by atoms with Gasteiger partial charge in [0.2, 0.25) is 0 Å². The van der Waals surface area contributed by atoms with E-state index in [0.29, 0.717) is 22.5 Å². The number of hydrogen-bond donors (Lipinski definition) is 2. The van der Waals surface area contributed by atoms with Gasteiger partial charge in [-0.3, -0.25) is 14.2 Å². The van der Waals surface area contributed by atoms with Crippen molar-refractivity contribution in [3.63, 3.8) is 0 Å². The first-order chi connectivity index (χ1) is 16.4. The molecule has 8 heteroatoms. The Morgan fingerprint density at radius 1 is 0.882 bits per heavy atom. The summed E-state index contributed by atoms with van der Waals surface area (Å²) in [5.74, 6) is -1.49. The third-order valence-electron chi connectivity index (χ3n) is 5.14. The van der Waals surface area contributed by atoms with Crippen LogP contribution in [0.1, 0.15) is 32.0 Å². The Bertz CT molecular complexity index is 1400. The molecule has 1 amide bonds. The number of ketones is 1. The molecule has 0 saturated heterocycles. The van der Waals surface area contributed by atoms with Crippen LogP contribution in [0, 0.1) is 6.92 Å². The maximum Gasteiger partial charge on any atom is 0.338 e. The molecular formula is C26H21N3O5. The Hall–Kier alpha value is -4.72. The van der Waals surface area contributed by atoms with Crippen LogP contribution in [0.3, 0.4) is 0 Å². The molecule has 3 aromatic carbocycles. The van der Waals surface area contributed by atoms with Gasteiger partial charge < -0.3 is 15.0 Å². The highest BCUT2D eigenvalue weighted by Gasteiger charge is 2.16. The number of rotatable bonds is 7. The van der Waals surface area contributed by atoms with Crippen molar-refractivity contribution in [3.8, 4) is 5.69 Å². The predicted molar refractivity (Wildman–Crippen MR) is 126 cm³/mol. The van der Waals surface area contributed by atoms with Crippen molar-refractivity contribution >= 4 is 23.3 Å². The fraction of sp³-hybridized carbons (Fsp3) is 0.0769. The average molecular weight is 455 g/mol. The quantitative estimate of drug-likeness (QED) is 0.327. The number of hydrogen-bond acceptors (Lipinski definition) is 5. The zero-order chi connectivity index (χ0) is 24.1. The second kappa shape index (κ2) is 9.83. The van der Waals surface area contributed by atoms with E-state index in [2.05, 4.69) is 10.3 Å². The van der Waals surface area contributed by atoms with Crippen molar-refractivity contribution in [2.24, 2.45) is 0 Å². The summed E-state index contributed by atoms with van der Waals surface area (Å²) >= 11 is 0. The van der Waals surface area contributed by atoms with Crippen LogP contribution < -0.4 is 11.0 Å². The first-order valence-corrected chi connectivity index (χ1v) is 10.5. The number of amides is 1. The van der Waals surface area contributed by atoms with E-state index in [1.165, 1.54) is 16.7 Å². The Labute approximate surface area is 194 Å². The lowest BCUT2D eigenvalue weighted by Gasteiger charge is -2.11. The van der Waals surface area contributed by atoms with Gasteiger partial charge >= 0.3 is 11.7 Å². The summed E-state index contributed by atoms with van der Waals surface area (Å²) in [4.78, 5) is 52.0. The summed E-state index contributed by atoms with van der Waals surface area (Å²) in [6.45, 7) is 1.26. The standard InChI is InChI=1S/C26H21N3O5/c1-17-15-27-26(33)29(17)20-13-11-19(12-14-20)25(32)34-16-23(30)28-22-10-6-5-9-21(22)24(31)18-7-3-2-4-8-18/h2-15H,16H2,1H3,(H,27,33)(H,28,30). The van der Waals surface area contributed by atoms with E-state index >= 15 is 0 Å². The third-order valence-corrected chi connectivity index (χ3v) is 5.14. The lowest BCUT2D eigenvalue weighted by molar-refractivity contribution is -0.119. The predicted octanol–water partition coefficient (Wildman–Crippen LogP) is 3.50. The van der Waals surface area contributed by atoms with Crippen LogP contribution in [0.5, 0.6) is 0 Å². The van der Waals surface area contributed by atoms with E-state index < -0.39 is 18.5 Å². The molecular weight excluding hydrogens is 434 g/mol. The molecule has 0 aliphatic rings. The number of benzene rings is 3. The highest BCUT2D eigenvalue weighted by molar-refractivity contribution is 6.14. The number of carbonyl (C=O) groups excluding carboxylic acids is 3. The van der Waals surface area contributed by atoms with Crippen LogP contribution in [0.2, 0.25) is 0 Å². The summed E-state index contributed by atoms with van der Waals surface area (Å²) in [5.41, 5.74) is 2.43. The van der Waals surface area contributed by atoms with Crippen molar-refractivity contribution in [1.82, 2.24) is 9.55 Å². The number of ether oxygens (including phenoxy) is 1. The van der Waals surface area contributed by atoms with Gasteiger partial charge in [-0.2, -0.15) is 0 Å². The number of para-hydroxylation sites is 1. The number of imidazole rings is 1. The van der Waals surface area contributed by atoms with Gasteiger partial charge in [-0.25, -0.2) is 9.59 Å². The van der Waals surface area contributed by atoms with E-state index in [9.17, 15) is 19.2 Å². The summed E-state index contributed by atoms with van der Waals surface area (Å²) in [5, 5.41) is 2.63. The smallest absolute Gasteiger partial charge is 0.338 e. The van der Waals surface area contributed by atoms with Gasteiger partial charge in [0, 0.05) is 23.0 Å². The molecule has 1 heterocycles. The number of aryl methyl sites for hydroxylation is 1. The van der Waals surface area contributed by atoms with E-state index in [4.69, 9.17) is 4.74 Å². The van der Waals surface area contributed by atoms with E-state index in [1.807, 2.05) is 6.07 Å². The number of aromatic nitrogens is 2. The molecule has 0 saturated carbocycles. The highest BCUT2D eigenvalue weighted by Crippen LogP contribution is 2.19. The van der Waals surface area contributed by atoms with Crippen LogP contribution in [-0.4, -0.2) is 33.8 Å². The third kappa shape index (κ3) is 4.86. The molecule has 170 valence electrons. The molecule has 0 radical (unpaired) electrons. The lowest BCUT2D eigenvalue weighted by atomic mass is 10.0. The molecule has 4 aromatic rings. The van der Waals surface area contributed by atoms with Crippen LogP contribution in [0.25, 0.3) is 5.69 Å². The van der Waals surface area contributed by atoms with Crippen LogP contribution in [0.15, 0.2) is 89.9 Å². The summed E-state index contributed by atoms with van der Waals surface area (Å²) in [7, 11) is 0. The van der Waals surface area contributed by atoms with Gasteiger partial charge in [0.1, 0.15) is 0 Å². The second-order valence-electron chi connectivity index (χ2n) is 7.48. The van der Waals surface area contributed by atoms with Crippen LogP contribution in [0.4, 0.5) is 5.69 Å². The zero-order valence-corrected chi connectivity index (χ0v) is 18.3. The number of carbonyl (C=O) groups is 3. The first kappa shape index (κ1) is 22.5. The van der Waals surface area contributed by atoms with Crippen molar-refractivity contribution in [1.29, 1.82) is 0 Å². The molecule has 0 aliphatic heterocycles. The Morgan fingerprint density at radius 2 is 1.56 bits per heavy atom. The number of H-pyrrole nitrogens is 1. The topological polar surface area (TPSA) is 110 Å². The van der Waals surface area contributed by atoms with Gasteiger partial charge in [-0.15, -0.1) is 0 Å². The summed E-state index contributed by atoms with van der Waals surface area (Å²) < 4.78 is 6.58. The molecule has 0 spiro atoms. The van der Waals surface area contributed by atoms with E-state index in [1.54, 1.807) is 73.8 Å². The van der Waals surface area contributed by atoms with Crippen LogP contribution >= 0.6 is 0 Å². The molecule has 34 heavy (non-hydrogen) atoms. The fourth-order valence-electron chi connectivity index (χ4n) is 3.46. The monoisotopic (exact) mass is 455 g/mol. The first-order valence-electron chi connectivity index (χ1n) is 10.5. The number of aromatic amines is 1. The van der Waals surface area contributed by atoms with Gasteiger partial charge in [-0.05, 0) is 43.3 Å². The van der Waals surface area contributed by atoms with Gasteiger partial charge in [0.25, 0.3) is 5.91 Å². The lowest BCUT2D eigenvalue weighted by Crippen LogP contribution is -2.22. The van der Waals surface area contributed by atoms with Gasteiger partial charge in [0.05, 0.1) is 16.9 Å². The Kier molecular flexibility index (Phi) is 6.49. The molecule has 2 N–H and O–H groups in total. The van der Waals surface area contributed by atoms with Crippen molar-refractivity contribution in [2.75, 3.05) is 11.9 Å². The molecule has 0 bridgehead atoms. The molecule has 0 unspecified atom stereocenters. The molecule has 0 fully saturated rings. The molecule has 0 atom stereocenters. The molecule has 1 aromatic heterocycles. The molecule has 8 nitrogen and oxygen atoms in total. The minimum atomic E-state index is -0.687. The van der Waals surface area contributed by atoms with E-state index in [-0.39, 0.29) is 17.0 Å². The number of anilines is 1. The van der Waals surface area contributed by atoms with Crippen molar-refractivity contribution in [2.45, 2.75) is 6.92 Å². The minimum Gasteiger partial charge on any atom is -0.452 e. The maximum absolute atomic E-state index is 12.8. The SMILES string of the molecule is Cc1c[nH]c(=O)n1-c1ccc(C(=O)OCC(=O)Nc2ccccc2C(=O)c2ccccc2)cc1.